The highest BCUT2D eigenvalue weighted by atomic mass is 32.2. The lowest BCUT2D eigenvalue weighted by Gasteiger charge is -2.20. The molecule has 0 aliphatic heterocycles. The van der Waals surface area contributed by atoms with Crippen LogP contribution < -0.4 is 10.6 Å². The van der Waals surface area contributed by atoms with Gasteiger partial charge in [-0.2, -0.15) is 16.1 Å². The van der Waals surface area contributed by atoms with E-state index in [2.05, 4.69) is 4.37 Å². The highest BCUT2D eigenvalue weighted by molar-refractivity contribution is 7.98. The molecule has 1 atom stereocenters. The number of aromatic nitrogens is 1. The number of hydrogen-bond donors (Lipinski definition) is 2. The number of thioether (sulfide) groups is 1. The van der Waals surface area contributed by atoms with E-state index in [1.54, 1.807) is 18.7 Å². The molecule has 0 bridgehead atoms. The second-order valence-electron chi connectivity index (χ2n) is 4.04. The SMILES string of the molecule is CSCC[C@@H](N)C(=O)N(C)c1snc(C)c1C(=O)O. The van der Waals surface area contributed by atoms with Crippen molar-refractivity contribution < 1.29 is 14.7 Å². The number of nitrogens with two attached hydrogens (primary N) is 1. The van der Waals surface area contributed by atoms with E-state index in [9.17, 15) is 9.59 Å². The summed E-state index contributed by atoms with van der Waals surface area (Å²) >= 11 is 2.61. The normalized spacial score (nSPS) is 12.2. The van der Waals surface area contributed by atoms with Crippen LogP contribution in [0, 0.1) is 6.92 Å². The zero-order valence-electron chi connectivity index (χ0n) is 11.0. The number of anilines is 1. The Morgan fingerprint density at radius 3 is 2.74 bits per heavy atom. The monoisotopic (exact) mass is 303 g/mol. The third-order valence-electron chi connectivity index (χ3n) is 2.64. The van der Waals surface area contributed by atoms with Gasteiger partial charge in [0.15, 0.2) is 0 Å². The first kappa shape index (κ1) is 15.9. The number of aromatic carboxylic acids is 1. The fourth-order valence-electron chi connectivity index (χ4n) is 1.55. The standard InChI is InChI=1S/C11H17N3O3S2/c1-6-8(11(16)17)10(19-13-6)14(2)9(15)7(12)4-5-18-3/h7H,4-5,12H2,1-3H3,(H,16,17)/t7-/m1/s1. The van der Waals surface area contributed by atoms with Gasteiger partial charge in [-0.05, 0) is 36.9 Å². The van der Waals surface area contributed by atoms with Crippen molar-refractivity contribution in [2.45, 2.75) is 19.4 Å². The van der Waals surface area contributed by atoms with E-state index in [0.717, 1.165) is 17.3 Å². The number of hydrogen-bond acceptors (Lipinski definition) is 6. The molecule has 0 fully saturated rings. The first-order valence-electron chi connectivity index (χ1n) is 5.61. The van der Waals surface area contributed by atoms with Crippen LogP contribution in [0.1, 0.15) is 22.5 Å². The minimum absolute atomic E-state index is 0.0675. The molecule has 1 amide bonds. The summed E-state index contributed by atoms with van der Waals surface area (Å²) in [7, 11) is 1.53. The van der Waals surface area contributed by atoms with Crippen LogP contribution in [0.15, 0.2) is 0 Å². The molecule has 0 aromatic carbocycles. The quantitative estimate of drug-likeness (QED) is 0.819. The molecule has 1 rings (SSSR count). The summed E-state index contributed by atoms with van der Waals surface area (Å²) in [4.78, 5) is 24.6. The fourth-order valence-corrected chi connectivity index (χ4v) is 2.89. The van der Waals surface area contributed by atoms with Gasteiger partial charge in [-0.3, -0.25) is 4.79 Å². The highest BCUT2D eigenvalue weighted by Crippen LogP contribution is 2.28. The van der Waals surface area contributed by atoms with E-state index >= 15 is 0 Å². The van der Waals surface area contributed by atoms with Crippen LogP contribution in [0.3, 0.4) is 0 Å². The number of aryl methyl sites for hydroxylation is 1. The summed E-state index contributed by atoms with van der Waals surface area (Å²) in [5.41, 5.74) is 6.28. The van der Waals surface area contributed by atoms with Crippen molar-refractivity contribution in [1.82, 2.24) is 4.37 Å². The third kappa shape index (κ3) is 3.68. The molecule has 19 heavy (non-hydrogen) atoms. The first-order chi connectivity index (χ1) is 8.90. The third-order valence-corrected chi connectivity index (χ3v) is 4.30. The number of rotatable bonds is 6. The van der Waals surface area contributed by atoms with Crippen molar-refractivity contribution in [3.8, 4) is 0 Å². The predicted octanol–water partition coefficient (Wildman–Crippen LogP) is 1.19. The van der Waals surface area contributed by atoms with Crippen molar-refractivity contribution in [3.63, 3.8) is 0 Å². The Hall–Kier alpha value is -1.12. The molecule has 1 aromatic heterocycles. The van der Waals surface area contributed by atoms with Gasteiger partial charge in [0.1, 0.15) is 10.6 Å². The fraction of sp³-hybridized carbons (Fsp3) is 0.545. The van der Waals surface area contributed by atoms with Gasteiger partial charge in [0.25, 0.3) is 0 Å². The number of carboxylic acid groups (broad SMARTS) is 1. The second-order valence-corrected chi connectivity index (χ2v) is 5.78. The Labute approximate surface area is 120 Å². The minimum atomic E-state index is -1.08. The molecule has 6 nitrogen and oxygen atoms in total. The molecule has 0 radical (unpaired) electrons. The van der Waals surface area contributed by atoms with Crippen LogP contribution in [0.4, 0.5) is 5.00 Å². The summed E-state index contributed by atoms with van der Waals surface area (Å²) in [6.07, 6.45) is 2.50. The molecule has 8 heteroatoms. The molecule has 0 aliphatic carbocycles. The van der Waals surface area contributed by atoms with Crippen LogP contribution in [0.25, 0.3) is 0 Å². The molecule has 0 spiro atoms. The summed E-state index contributed by atoms with van der Waals surface area (Å²) in [6, 6.07) is -0.624. The predicted molar refractivity (Wildman–Crippen MR) is 78.2 cm³/mol. The molecule has 0 saturated heterocycles. The summed E-state index contributed by atoms with van der Waals surface area (Å²) < 4.78 is 3.98. The van der Waals surface area contributed by atoms with E-state index in [-0.39, 0.29) is 11.5 Å². The Balaban J connectivity index is 2.91. The minimum Gasteiger partial charge on any atom is -0.478 e. The average molecular weight is 303 g/mol. The maximum atomic E-state index is 12.1. The number of carbonyl (C=O) groups is 2. The first-order valence-corrected chi connectivity index (χ1v) is 7.78. The van der Waals surface area contributed by atoms with Crippen LogP contribution in [-0.4, -0.2) is 46.5 Å². The van der Waals surface area contributed by atoms with Gasteiger partial charge in [-0.25, -0.2) is 4.79 Å². The second kappa shape index (κ2) is 6.88. The van der Waals surface area contributed by atoms with Crippen LogP contribution in [-0.2, 0) is 4.79 Å². The maximum absolute atomic E-state index is 12.1. The van der Waals surface area contributed by atoms with E-state index < -0.39 is 12.0 Å². The smallest absolute Gasteiger partial charge is 0.340 e. The van der Waals surface area contributed by atoms with Gasteiger partial charge < -0.3 is 15.7 Å². The van der Waals surface area contributed by atoms with Crippen molar-refractivity contribution in [2.75, 3.05) is 24.0 Å². The number of carbonyl (C=O) groups excluding carboxylic acids is 1. The lowest BCUT2D eigenvalue weighted by Crippen LogP contribution is -2.42. The van der Waals surface area contributed by atoms with E-state index in [1.807, 2.05) is 6.26 Å². The Bertz CT molecular complexity index is 476. The van der Waals surface area contributed by atoms with Gasteiger partial charge >= 0.3 is 5.97 Å². The van der Waals surface area contributed by atoms with Crippen LogP contribution in [0.5, 0.6) is 0 Å². The van der Waals surface area contributed by atoms with E-state index in [0.29, 0.717) is 17.1 Å². The molecular weight excluding hydrogens is 286 g/mol. The highest BCUT2D eigenvalue weighted by Gasteiger charge is 2.26. The van der Waals surface area contributed by atoms with Gasteiger partial charge in [-0.15, -0.1) is 0 Å². The number of amides is 1. The zero-order chi connectivity index (χ0) is 14.6. The number of nitrogens with zero attached hydrogens (tertiary/aromatic N) is 2. The lowest BCUT2D eigenvalue weighted by atomic mass is 10.2. The molecule has 0 saturated carbocycles. The average Bonchev–Trinajstić information content (AvgIpc) is 2.76. The van der Waals surface area contributed by atoms with Crippen molar-refractivity contribution in [2.24, 2.45) is 5.73 Å². The van der Waals surface area contributed by atoms with Crippen LogP contribution >= 0.6 is 23.3 Å². The van der Waals surface area contributed by atoms with E-state index in [4.69, 9.17) is 10.8 Å². The van der Waals surface area contributed by atoms with E-state index in [1.165, 1.54) is 11.9 Å². The number of carboxylic acids is 1. The molecule has 0 aliphatic rings. The molecule has 1 aromatic rings. The van der Waals surface area contributed by atoms with Gasteiger partial charge in [0, 0.05) is 7.05 Å². The molecular formula is C11H17N3O3S2. The van der Waals surface area contributed by atoms with Crippen LogP contribution in [0.2, 0.25) is 0 Å². The van der Waals surface area contributed by atoms with Crippen molar-refractivity contribution in [1.29, 1.82) is 0 Å². The Morgan fingerprint density at radius 2 is 2.21 bits per heavy atom. The molecule has 1 heterocycles. The van der Waals surface area contributed by atoms with Gasteiger partial charge in [0.05, 0.1) is 11.7 Å². The van der Waals surface area contributed by atoms with Crippen molar-refractivity contribution >= 4 is 40.2 Å². The molecule has 0 unspecified atom stereocenters. The zero-order valence-corrected chi connectivity index (χ0v) is 12.7. The molecule has 106 valence electrons. The van der Waals surface area contributed by atoms with Gasteiger partial charge in [0.2, 0.25) is 5.91 Å². The topological polar surface area (TPSA) is 96.5 Å². The Morgan fingerprint density at radius 1 is 1.58 bits per heavy atom. The number of likely N-dealkylation sites (N-methyl/N-ethyl adjacent to an activating group) is 1. The summed E-state index contributed by atoms with van der Waals surface area (Å²) in [5.74, 6) is -0.590. The molecule has 3 N–H and O–H groups in total. The largest absolute Gasteiger partial charge is 0.478 e. The summed E-state index contributed by atoms with van der Waals surface area (Å²) in [5, 5.41) is 9.47. The van der Waals surface area contributed by atoms with Gasteiger partial charge in [-0.1, -0.05) is 0 Å². The summed E-state index contributed by atoms with van der Waals surface area (Å²) in [6.45, 7) is 1.61. The Kier molecular flexibility index (Phi) is 5.77. The maximum Gasteiger partial charge on any atom is 0.340 e. The lowest BCUT2D eigenvalue weighted by molar-refractivity contribution is -0.119. The van der Waals surface area contributed by atoms with Crippen molar-refractivity contribution in [3.05, 3.63) is 11.3 Å².